The minimum atomic E-state index is -4.13. The molecule has 1 heterocycles. The number of para-hydroxylation sites is 2. The first-order valence-electron chi connectivity index (χ1n) is 7.41. The van der Waals surface area contributed by atoms with E-state index in [0.717, 1.165) is 6.07 Å². The normalized spacial score (nSPS) is 10.9. The third-order valence-electron chi connectivity index (χ3n) is 3.31. The van der Waals surface area contributed by atoms with Gasteiger partial charge in [-0.25, -0.2) is 13.4 Å². The van der Waals surface area contributed by atoms with Crippen molar-refractivity contribution in [2.75, 3.05) is 4.72 Å². The summed E-state index contributed by atoms with van der Waals surface area (Å²) in [6, 6.07) is 17.0. The molecular formula is C17H13N3O5S. The van der Waals surface area contributed by atoms with E-state index in [9.17, 15) is 18.5 Å². The van der Waals surface area contributed by atoms with Crippen LogP contribution in [0.1, 0.15) is 0 Å². The fraction of sp³-hybridized carbons (Fsp3) is 0. The van der Waals surface area contributed by atoms with E-state index in [-0.39, 0.29) is 11.6 Å². The highest BCUT2D eigenvalue weighted by Crippen LogP contribution is 2.26. The molecular weight excluding hydrogens is 358 g/mol. The second-order valence-electron chi connectivity index (χ2n) is 5.13. The topological polar surface area (TPSA) is 111 Å². The van der Waals surface area contributed by atoms with Crippen molar-refractivity contribution in [3.8, 4) is 11.6 Å². The molecule has 3 aromatic rings. The summed E-state index contributed by atoms with van der Waals surface area (Å²) >= 11 is 0. The monoisotopic (exact) mass is 371 g/mol. The molecule has 0 saturated carbocycles. The summed E-state index contributed by atoms with van der Waals surface area (Å²) in [6.07, 6.45) is 1.27. The number of nitro benzene ring substituents is 1. The number of benzene rings is 2. The maximum Gasteiger partial charge on any atom is 0.289 e. The molecule has 0 unspecified atom stereocenters. The van der Waals surface area contributed by atoms with Crippen molar-refractivity contribution in [2.45, 2.75) is 4.90 Å². The number of ether oxygens (including phenoxy) is 1. The number of aromatic nitrogens is 1. The van der Waals surface area contributed by atoms with Crippen molar-refractivity contribution in [1.29, 1.82) is 0 Å². The van der Waals surface area contributed by atoms with Crippen LogP contribution in [0.5, 0.6) is 11.6 Å². The van der Waals surface area contributed by atoms with Gasteiger partial charge in [-0.05, 0) is 24.3 Å². The largest absolute Gasteiger partial charge is 0.439 e. The van der Waals surface area contributed by atoms with Crippen molar-refractivity contribution in [1.82, 2.24) is 4.98 Å². The first-order chi connectivity index (χ1) is 12.5. The molecule has 0 amide bonds. The summed E-state index contributed by atoms with van der Waals surface area (Å²) in [6.45, 7) is 0. The predicted octanol–water partition coefficient (Wildman–Crippen LogP) is 3.58. The van der Waals surface area contributed by atoms with E-state index in [1.807, 2.05) is 18.2 Å². The second-order valence-corrected chi connectivity index (χ2v) is 6.78. The van der Waals surface area contributed by atoms with Crippen LogP contribution in [0.2, 0.25) is 0 Å². The number of nitrogens with zero attached hydrogens (tertiary/aromatic N) is 2. The molecule has 1 N–H and O–H groups in total. The van der Waals surface area contributed by atoms with Crippen LogP contribution in [0, 0.1) is 10.1 Å². The third-order valence-corrected chi connectivity index (χ3v) is 4.73. The quantitative estimate of drug-likeness (QED) is 0.523. The smallest absolute Gasteiger partial charge is 0.289 e. The van der Waals surface area contributed by atoms with Crippen molar-refractivity contribution < 1.29 is 18.1 Å². The number of nitrogens with one attached hydrogen (secondary N) is 1. The summed E-state index contributed by atoms with van der Waals surface area (Å²) < 4.78 is 32.6. The predicted molar refractivity (Wildman–Crippen MR) is 94.7 cm³/mol. The van der Waals surface area contributed by atoms with E-state index < -0.39 is 25.5 Å². The molecule has 0 radical (unpaired) electrons. The highest BCUT2D eigenvalue weighted by Gasteiger charge is 2.25. The van der Waals surface area contributed by atoms with Crippen molar-refractivity contribution in [2.24, 2.45) is 0 Å². The Hall–Kier alpha value is -3.46. The van der Waals surface area contributed by atoms with Gasteiger partial charge in [0.05, 0.1) is 16.8 Å². The maximum absolute atomic E-state index is 12.4. The van der Waals surface area contributed by atoms with Gasteiger partial charge in [-0.3, -0.25) is 14.8 Å². The van der Waals surface area contributed by atoms with Gasteiger partial charge in [-0.15, -0.1) is 0 Å². The Morgan fingerprint density at radius 1 is 0.962 bits per heavy atom. The first kappa shape index (κ1) is 17.4. The highest BCUT2D eigenvalue weighted by atomic mass is 32.2. The first-order valence-corrected chi connectivity index (χ1v) is 8.89. The van der Waals surface area contributed by atoms with E-state index in [1.165, 1.54) is 36.5 Å². The Bertz CT molecular complexity index is 1020. The number of anilines is 1. The minimum Gasteiger partial charge on any atom is -0.439 e. The molecule has 8 nitrogen and oxygen atoms in total. The summed E-state index contributed by atoms with van der Waals surface area (Å²) in [5.41, 5.74) is -0.347. The lowest BCUT2D eigenvalue weighted by molar-refractivity contribution is -0.387. The van der Waals surface area contributed by atoms with Crippen LogP contribution in [-0.4, -0.2) is 18.3 Å². The Morgan fingerprint density at radius 3 is 2.31 bits per heavy atom. The van der Waals surface area contributed by atoms with Crippen molar-refractivity contribution in [3.63, 3.8) is 0 Å². The number of hydrogen-bond donors (Lipinski definition) is 1. The van der Waals surface area contributed by atoms with Gasteiger partial charge in [0, 0.05) is 12.1 Å². The third kappa shape index (κ3) is 3.95. The number of sulfonamides is 1. The van der Waals surface area contributed by atoms with Gasteiger partial charge in [-0.1, -0.05) is 30.3 Å². The summed E-state index contributed by atoms with van der Waals surface area (Å²) in [7, 11) is -4.13. The van der Waals surface area contributed by atoms with Crippen LogP contribution in [0.15, 0.2) is 77.8 Å². The summed E-state index contributed by atoms with van der Waals surface area (Å²) in [5.74, 6) is 0.873. The van der Waals surface area contributed by atoms with Crippen LogP contribution < -0.4 is 9.46 Å². The van der Waals surface area contributed by atoms with Crippen LogP contribution in [0.3, 0.4) is 0 Å². The van der Waals surface area contributed by atoms with Crippen LogP contribution in [-0.2, 0) is 10.0 Å². The summed E-state index contributed by atoms with van der Waals surface area (Å²) in [4.78, 5) is 13.9. The van der Waals surface area contributed by atoms with E-state index in [4.69, 9.17) is 4.74 Å². The fourth-order valence-corrected chi connectivity index (χ4v) is 3.37. The Balaban J connectivity index is 1.79. The maximum atomic E-state index is 12.4. The van der Waals surface area contributed by atoms with Gasteiger partial charge in [0.1, 0.15) is 5.75 Å². The number of hydrogen-bond acceptors (Lipinski definition) is 6. The molecule has 0 aliphatic heterocycles. The van der Waals surface area contributed by atoms with Gasteiger partial charge >= 0.3 is 0 Å². The standard InChI is InChI=1S/C17H13N3O5S/c21-20(22)15-8-4-5-9-16(15)26(23,24)19-13-10-11-17(18-12-13)25-14-6-2-1-3-7-14/h1-12,19H. The lowest BCUT2D eigenvalue weighted by Gasteiger charge is -2.09. The molecule has 0 aliphatic carbocycles. The lowest BCUT2D eigenvalue weighted by atomic mass is 10.3. The van der Waals surface area contributed by atoms with Gasteiger partial charge in [0.15, 0.2) is 4.90 Å². The molecule has 1 aromatic heterocycles. The molecule has 0 bridgehead atoms. The molecule has 0 spiro atoms. The molecule has 0 atom stereocenters. The van der Waals surface area contributed by atoms with E-state index in [0.29, 0.717) is 5.75 Å². The zero-order valence-electron chi connectivity index (χ0n) is 13.3. The van der Waals surface area contributed by atoms with Gasteiger partial charge in [0.2, 0.25) is 5.88 Å². The Morgan fingerprint density at radius 2 is 1.65 bits per heavy atom. The van der Waals surface area contributed by atoms with Crippen molar-refractivity contribution >= 4 is 21.4 Å². The zero-order chi connectivity index (χ0) is 18.6. The number of pyridine rings is 1. The highest BCUT2D eigenvalue weighted by molar-refractivity contribution is 7.92. The molecule has 132 valence electrons. The summed E-state index contributed by atoms with van der Waals surface area (Å²) in [5, 5.41) is 11.0. The van der Waals surface area contributed by atoms with Crippen LogP contribution >= 0.6 is 0 Å². The molecule has 9 heteroatoms. The molecule has 0 saturated heterocycles. The average molecular weight is 371 g/mol. The SMILES string of the molecule is O=[N+]([O-])c1ccccc1S(=O)(=O)Nc1ccc(Oc2ccccc2)nc1. The zero-order valence-corrected chi connectivity index (χ0v) is 14.1. The molecule has 2 aromatic carbocycles. The minimum absolute atomic E-state index is 0.156. The van der Waals surface area contributed by atoms with E-state index in [1.54, 1.807) is 12.1 Å². The Kier molecular flexibility index (Phi) is 4.81. The molecule has 0 aliphatic rings. The fourth-order valence-electron chi connectivity index (χ4n) is 2.16. The van der Waals surface area contributed by atoms with Crippen LogP contribution in [0.25, 0.3) is 0 Å². The number of rotatable bonds is 6. The van der Waals surface area contributed by atoms with Gasteiger partial charge in [-0.2, -0.15) is 0 Å². The second kappa shape index (κ2) is 7.19. The molecule has 0 fully saturated rings. The van der Waals surface area contributed by atoms with Crippen molar-refractivity contribution in [3.05, 3.63) is 83.0 Å². The molecule has 3 rings (SSSR count). The number of nitro groups is 1. The van der Waals surface area contributed by atoms with Gasteiger partial charge < -0.3 is 4.74 Å². The average Bonchev–Trinajstić information content (AvgIpc) is 2.64. The van der Waals surface area contributed by atoms with Crippen LogP contribution in [0.4, 0.5) is 11.4 Å². The van der Waals surface area contributed by atoms with E-state index >= 15 is 0 Å². The molecule has 26 heavy (non-hydrogen) atoms. The van der Waals surface area contributed by atoms with Gasteiger partial charge in [0.25, 0.3) is 15.7 Å². The Labute approximate surface area is 149 Å². The van der Waals surface area contributed by atoms with E-state index in [2.05, 4.69) is 9.71 Å². The lowest BCUT2D eigenvalue weighted by Crippen LogP contribution is -2.14.